The van der Waals surface area contributed by atoms with Crippen LogP contribution in [0.4, 0.5) is 0 Å². The van der Waals surface area contributed by atoms with Crippen LogP contribution >= 0.6 is 0 Å². The fourth-order valence-corrected chi connectivity index (χ4v) is 6.28. The van der Waals surface area contributed by atoms with E-state index in [2.05, 4.69) is 43.3 Å². The van der Waals surface area contributed by atoms with Gasteiger partial charge in [0.25, 0.3) is 5.56 Å². The number of H-pyrrole nitrogens is 1. The molecule has 2 fully saturated rings. The van der Waals surface area contributed by atoms with Gasteiger partial charge in [0.1, 0.15) is 11.8 Å². The number of hydrogen-bond donors (Lipinski definition) is 1. The Bertz CT molecular complexity index is 1460. The molecule has 1 unspecified atom stereocenters. The molecule has 6 rings (SSSR count). The Balaban J connectivity index is 1.35. The molecule has 1 aliphatic carbocycles. The van der Waals surface area contributed by atoms with Crippen LogP contribution in [0, 0.1) is 6.92 Å². The number of nitrogens with zero attached hydrogens (tertiary/aromatic N) is 6. The Morgan fingerprint density at radius 1 is 1.00 bits per heavy atom. The van der Waals surface area contributed by atoms with Crippen molar-refractivity contribution >= 4 is 10.9 Å². The van der Waals surface area contributed by atoms with Crippen LogP contribution < -0.4 is 10.3 Å². The first-order valence-electron chi connectivity index (χ1n) is 14.1. The second-order valence-corrected chi connectivity index (χ2v) is 11.0. The number of aryl methyl sites for hydroxylation is 1. The van der Waals surface area contributed by atoms with Crippen molar-refractivity contribution in [1.82, 2.24) is 35.0 Å². The van der Waals surface area contributed by atoms with E-state index in [9.17, 15) is 4.79 Å². The molecule has 3 heterocycles. The van der Waals surface area contributed by atoms with E-state index >= 15 is 0 Å². The number of piperazine rings is 1. The SMILES string of the molecule is COc1ccc(Cn2nnnc2C(c2cc3cc(C)ccc3[nH]c2=O)N2CCN(C3CCCCC3)CC2)cc1. The maximum Gasteiger partial charge on any atom is 0.253 e. The molecule has 2 aromatic carbocycles. The third-order valence-electron chi connectivity index (χ3n) is 8.42. The van der Waals surface area contributed by atoms with Gasteiger partial charge in [0.15, 0.2) is 5.82 Å². The number of fused-ring (bicyclic) bond motifs is 1. The average molecular weight is 528 g/mol. The summed E-state index contributed by atoms with van der Waals surface area (Å²) in [6.45, 7) is 6.29. The van der Waals surface area contributed by atoms with Crippen molar-refractivity contribution < 1.29 is 4.74 Å². The molecule has 0 spiro atoms. The Morgan fingerprint density at radius 2 is 1.77 bits per heavy atom. The van der Waals surface area contributed by atoms with Crippen LogP contribution in [0.2, 0.25) is 0 Å². The van der Waals surface area contributed by atoms with Crippen LogP contribution in [0.3, 0.4) is 0 Å². The lowest BCUT2D eigenvalue weighted by Crippen LogP contribution is -2.52. The number of ether oxygens (including phenoxy) is 1. The minimum Gasteiger partial charge on any atom is -0.497 e. The topological polar surface area (TPSA) is 92.2 Å². The monoisotopic (exact) mass is 527 g/mol. The number of tetrazole rings is 1. The summed E-state index contributed by atoms with van der Waals surface area (Å²) >= 11 is 0. The zero-order valence-electron chi connectivity index (χ0n) is 22.8. The van der Waals surface area contributed by atoms with Crippen LogP contribution in [0.1, 0.15) is 60.7 Å². The molecule has 4 aromatic rings. The fraction of sp³-hybridized carbons (Fsp3) is 0.467. The highest BCUT2D eigenvalue weighted by molar-refractivity contribution is 5.79. The van der Waals surface area contributed by atoms with Crippen LogP contribution in [0.15, 0.2) is 53.3 Å². The molecule has 204 valence electrons. The highest BCUT2D eigenvalue weighted by atomic mass is 16.5. The molecule has 0 amide bonds. The molecule has 1 saturated carbocycles. The molecular weight excluding hydrogens is 490 g/mol. The Labute approximate surface area is 228 Å². The maximum absolute atomic E-state index is 13.6. The standard InChI is InChI=1S/C30H37N7O2/c1-21-8-13-27-23(18-21)19-26(30(38)31-27)28(36-16-14-35(15-17-36)24-6-4-3-5-7-24)29-32-33-34-37(29)20-22-9-11-25(39-2)12-10-22/h8-13,18-19,24,28H,3-7,14-17,20H2,1-2H3,(H,31,38). The molecular formula is C30H37N7O2. The van der Waals surface area contributed by atoms with Crippen molar-refractivity contribution in [3.63, 3.8) is 0 Å². The van der Waals surface area contributed by atoms with Gasteiger partial charge in [-0.25, -0.2) is 4.68 Å². The van der Waals surface area contributed by atoms with E-state index in [1.807, 2.05) is 47.1 Å². The highest BCUT2D eigenvalue weighted by Crippen LogP contribution is 2.30. The zero-order chi connectivity index (χ0) is 26.8. The number of pyridine rings is 1. The highest BCUT2D eigenvalue weighted by Gasteiger charge is 2.34. The predicted molar refractivity (Wildman–Crippen MR) is 151 cm³/mol. The summed E-state index contributed by atoms with van der Waals surface area (Å²) in [5.74, 6) is 1.50. The van der Waals surface area contributed by atoms with Crippen LogP contribution in [0.25, 0.3) is 10.9 Å². The molecule has 2 aromatic heterocycles. The first-order chi connectivity index (χ1) is 19.1. The number of aromatic amines is 1. The molecule has 1 N–H and O–H groups in total. The summed E-state index contributed by atoms with van der Waals surface area (Å²) in [6, 6.07) is 16.4. The lowest BCUT2D eigenvalue weighted by atomic mass is 9.93. The summed E-state index contributed by atoms with van der Waals surface area (Å²) in [6.07, 6.45) is 6.62. The van der Waals surface area contributed by atoms with Crippen LogP contribution in [0.5, 0.6) is 5.75 Å². The van der Waals surface area contributed by atoms with Crippen LogP contribution in [-0.2, 0) is 6.54 Å². The summed E-state index contributed by atoms with van der Waals surface area (Å²) in [4.78, 5) is 21.7. The van der Waals surface area contributed by atoms with E-state index < -0.39 is 0 Å². The molecule has 1 atom stereocenters. The average Bonchev–Trinajstić information content (AvgIpc) is 3.42. The van der Waals surface area contributed by atoms with E-state index in [1.54, 1.807) is 7.11 Å². The van der Waals surface area contributed by atoms with Gasteiger partial charge in [-0.3, -0.25) is 14.6 Å². The maximum atomic E-state index is 13.6. The van der Waals surface area contributed by atoms with E-state index in [1.165, 1.54) is 32.1 Å². The smallest absolute Gasteiger partial charge is 0.253 e. The summed E-state index contributed by atoms with van der Waals surface area (Å²) in [5.41, 5.74) is 3.65. The Morgan fingerprint density at radius 3 is 2.51 bits per heavy atom. The van der Waals surface area contributed by atoms with Crippen molar-refractivity contribution in [3.8, 4) is 5.75 Å². The normalized spacial score (nSPS) is 18.4. The minimum atomic E-state index is -0.347. The summed E-state index contributed by atoms with van der Waals surface area (Å²) in [5, 5.41) is 14.0. The van der Waals surface area contributed by atoms with Crippen LogP contribution in [-0.4, -0.2) is 74.3 Å². The third kappa shape index (κ3) is 5.46. The van der Waals surface area contributed by atoms with Gasteiger partial charge in [-0.05, 0) is 71.5 Å². The van der Waals surface area contributed by atoms with Gasteiger partial charge in [-0.1, -0.05) is 43.0 Å². The number of methoxy groups -OCH3 is 1. The Kier molecular flexibility index (Phi) is 7.43. The van der Waals surface area contributed by atoms with Crippen molar-refractivity contribution in [2.24, 2.45) is 0 Å². The fourth-order valence-electron chi connectivity index (χ4n) is 6.28. The number of aromatic nitrogens is 5. The van der Waals surface area contributed by atoms with E-state index in [0.29, 0.717) is 24.0 Å². The number of benzene rings is 2. The van der Waals surface area contributed by atoms with Gasteiger partial charge in [-0.15, -0.1) is 5.10 Å². The van der Waals surface area contributed by atoms with Crippen molar-refractivity contribution in [3.05, 3.63) is 81.4 Å². The summed E-state index contributed by atoms with van der Waals surface area (Å²) in [7, 11) is 1.66. The number of nitrogens with one attached hydrogen (secondary N) is 1. The second-order valence-electron chi connectivity index (χ2n) is 11.0. The quantitative estimate of drug-likeness (QED) is 0.389. The van der Waals surface area contributed by atoms with E-state index in [4.69, 9.17) is 4.74 Å². The number of rotatable bonds is 7. The van der Waals surface area contributed by atoms with Gasteiger partial charge >= 0.3 is 0 Å². The first kappa shape index (κ1) is 25.7. The zero-order valence-corrected chi connectivity index (χ0v) is 22.8. The lowest BCUT2D eigenvalue weighted by molar-refractivity contribution is 0.0618. The molecule has 0 bridgehead atoms. The molecule has 39 heavy (non-hydrogen) atoms. The Hall–Kier alpha value is -3.56. The van der Waals surface area contributed by atoms with E-state index in [-0.39, 0.29) is 11.6 Å². The molecule has 1 aliphatic heterocycles. The van der Waals surface area contributed by atoms with Gasteiger partial charge in [-0.2, -0.15) is 0 Å². The third-order valence-corrected chi connectivity index (χ3v) is 8.42. The van der Waals surface area contributed by atoms with Crippen molar-refractivity contribution in [2.75, 3.05) is 33.3 Å². The van der Waals surface area contributed by atoms with E-state index in [0.717, 1.165) is 54.0 Å². The molecule has 1 saturated heterocycles. The van der Waals surface area contributed by atoms with Gasteiger partial charge < -0.3 is 9.72 Å². The first-order valence-corrected chi connectivity index (χ1v) is 14.1. The molecule has 9 heteroatoms. The summed E-state index contributed by atoms with van der Waals surface area (Å²) < 4.78 is 7.15. The lowest BCUT2D eigenvalue weighted by Gasteiger charge is -2.43. The number of hydrogen-bond acceptors (Lipinski definition) is 7. The van der Waals surface area contributed by atoms with Gasteiger partial charge in [0, 0.05) is 43.3 Å². The molecule has 2 aliphatic rings. The predicted octanol–water partition coefficient (Wildman–Crippen LogP) is 3.92. The molecule has 0 radical (unpaired) electrons. The van der Waals surface area contributed by atoms with Crippen molar-refractivity contribution in [2.45, 2.75) is 57.7 Å². The van der Waals surface area contributed by atoms with Crippen molar-refractivity contribution in [1.29, 1.82) is 0 Å². The second kappa shape index (κ2) is 11.3. The molecule has 9 nitrogen and oxygen atoms in total. The van der Waals surface area contributed by atoms with Gasteiger partial charge in [0.05, 0.1) is 13.7 Å². The minimum absolute atomic E-state index is 0.0925. The van der Waals surface area contributed by atoms with Gasteiger partial charge in [0.2, 0.25) is 0 Å². The largest absolute Gasteiger partial charge is 0.497 e.